The summed E-state index contributed by atoms with van der Waals surface area (Å²) in [5.74, 6) is -0.124. The monoisotopic (exact) mass is 180 g/mol. The maximum absolute atomic E-state index is 12.6. The Hall–Kier alpha value is -1.15. The maximum Gasteiger partial charge on any atom is 0.123 e. The SMILES string of the molecule is C=CC(CCO)c1ccc(F)cc1. The third-order valence-corrected chi connectivity index (χ3v) is 2.02. The van der Waals surface area contributed by atoms with Crippen molar-refractivity contribution in [1.29, 1.82) is 0 Å². The first-order valence-electron chi connectivity index (χ1n) is 4.27. The lowest BCUT2D eigenvalue weighted by molar-refractivity contribution is 0.283. The summed E-state index contributed by atoms with van der Waals surface area (Å²) in [6.45, 7) is 3.79. The molecule has 0 aliphatic rings. The van der Waals surface area contributed by atoms with Crippen LogP contribution in [-0.2, 0) is 0 Å². The van der Waals surface area contributed by atoms with Gasteiger partial charge in [0, 0.05) is 12.5 Å². The molecule has 1 unspecified atom stereocenters. The number of hydrogen-bond acceptors (Lipinski definition) is 1. The van der Waals surface area contributed by atoms with Crippen molar-refractivity contribution in [3.63, 3.8) is 0 Å². The van der Waals surface area contributed by atoms with Gasteiger partial charge in [-0.2, -0.15) is 0 Å². The lowest BCUT2D eigenvalue weighted by atomic mass is 9.96. The summed E-state index contributed by atoms with van der Waals surface area (Å²) in [5, 5.41) is 8.76. The fourth-order valence-electron chi connectivity index (χ4n) is 1.27. The maximum atomic E-state index is 12.6. The highest BCUT2D eigenvalue weighted by Gasteiger charge is 2.05. The van der Waals surface area contributed by atoms with E-state index in [2.05, 4.69) is 6.58 Å². The second-order valence-electron chi connectivity index (χ2n) is 2.91. The molecule has 1 atom stereocenters. The fraction of sp³-hybridized carbons (Fsp3) is 0.273. The van der Waals surface area contributed by atoms with Crippen LogP contribution >= 0.6 is 0 Å². The Morgan fingerprint density at radius 1 is 1.38 bits per heavy atom. The molecular formula is C11H13FO. The van der Waals surface area contributed by atoms with Crippen LogP contribution in [-0.4, -0.2) is 11.7 Å². The first-order valence-corrected chi connectivity index (χ1v) is 4.27. The van der Waals surface area contributed by atoms with Crippen LogP contribution in [0.2, 0.25) is 0 Å². The molecule has 0 bridgehead atoms. The van der Waals surface area contributed by atoms with Crippen molar-refractivity contribution in [2.24, 2.45) is 0 Å². The Morgan fingerprint density at radius 3 is 2.46 bits per heavy atom. The molecule has 1 nitrogen and oxygen atoms in total. The van der Waals surface area contributed by atoms with E-state index < -0.39 is 0 Å². The highest BCUT2D eigenvalue weighted by Crippen LogP contribution is 2.20. The predicted molar refractivity (Wildman–Crippen MR) is 51.0 cm³/mol. The molecular weight excluding hydrogens is 167 g/mol. The molecule has 1 rings (SSSR count). The minimum Gasteiger partial charge on any atom is -0.396 e. The van der Waals surface area contributed by atoms with E-state index in [0.29, 0.717) is 6.42 Å². The molecule has 0 radical (unpaired) electrons. The predicted octanol–water partition coefficient (Wildman–Crippen LogP) is 2.48. The van der Waals surface area contributed by atoms with Crippen LogP contribution in [0, 0.1) is 5.82 Å². The molecule has 0 aromatic heterocycles. The zero-order chi connectivity index (χ0) is 9.68. The van der Waals surface area contributed by atoms with Crippen LogP contribution < -0.4 is 0 Å². The number of hydrogen-bond donors (Lipinski definition) is 1. The summed E-state index contributed by atoms with van der Waals surface area (Å²) < 4.78 is 12.6. The lowest BCUT2D eigenvalue weighted by Crippen LogP contribution is -1.97. The zero-order valence-corrected chi connectivity index (χ0v) is 7.41. The molecule has 1 aromatic rings. The Labute approximate surface area is 77.5 Å². The van der Waals surface area contributed by atoms with E-state index in [-0.39, 0.29) is 18.3 Å². The van der Waals surface area contributed by atoms with Gasteiger partial charge in [0.05, 0.1) is 0 Å². The van der Waals surface area contributed by atoms with Gasteiger partial charge >= 0.3 is 0 Å². The lowest BCUT2D eigenvalue weighted by Gasteiger charge is -2.10. The zero-order valence-electron chi connectivity index (χ0n) is 7.41. The third-order valence-electron chi connectivity index (χ3n) is 2.02. The van der Waals surface area contributed by atoms with Gasteiger partial charge in [0.25, 0.3) is 0 Å². The average Bonchev–Trinajstić information content (AvgIpc) is 2.16. The van der Waals surface area contributed by atoms with E-state index in [4.69, 9.17) is 5.11 Å². The quantitative estimate of drug-likeness (QED) is 0.706. The van der Waals surface area contributed by atoms with Crippen LogP contribution in [0.5, 0.6) is 0 Å². The number of halogens is 1. The summed E-state index contributed by atoms with van der Waals surface area (Å²) in [4.78, 5) is 0. The van der Waals surface area contributed by atoms with Gasteiger partial charge in [-0.05, 0) is 24.1 Å². The minimum atomic E-state index is -0.240. The molecule has 0 aliphatic carbocycles. The van der Waals surface area contributed by atoms with Crippen LogP contribution in [0.15, 0.2) is 36.9 Å². The van der Waals surface area contributed by atoms with E-state index in [1.165, 1.54) is 12.1 Å². The summed E-state index contributed by atoms with van der Waals surface area (Å²) in [5.41, 5.74) is 0.991. The molecule has 0 spiro atoms. The number of aliphatic hydroxyl groups excluding tert-OH is 1. The number of aliphatic hydroxyl groups is 1. The first kappa shape index (κ1) is 9.93. The van der Waals surface area contributed by atoms with Gasteiger partial charge in [-0.25, -0.2) is 4.39 Å². The number of benzene rings is 1. The molecule has 1 N–H and O–H groups in total. The summed E-state index contributed by atoms with van der Waals surface area (Å²) in [7, 11) is 0. The van der Waals surface area contributed by atoms with Crippen LogP contribution in [0.4, 0.5) is 4.39 Å². The second kappa shape index (κ2) is 4.77. The van der Waals surface area contributed by atoms with Crippen molar-refractivity contribution in [2.45, 2.75) is 12.3 Å². The van der Waals surface area contributed by atoms with E-state index in [0.717, 1.165) is 5.56 Å². The van der Waals surface area contributed by atoms with Gasteiger partial charge in [0.2, 0.25) is 0 Å². The highest BCUT2D eigenvalue weighted by molar-refractivity contribution is 5.23. The summed E-state index contributed by atoms with van der Waals surface area (Å²) in [6, 6.07) is 6.28. The minimum absolute atomic E-state index is 0.116. The van der Waals surface area contributed by atoms with Crippen molar-refractivity contribution >= 4 is 0 Å². The van der Waals surface area contributed by atoms with Crippen LogP contribution in [0.1, 0.15) is 17.9 Å². The molecule has 2 heteroatoms. The second-order valence-corrected chi connectivity index (χ2v) is 2.91. The van der Waals surface area contributed by atoms with Gasteiger partial charge in [0.1, 0.15) is 5.82 Å². The molecule has 13 heavy (non-hydrogen) atoms. The average molecular weight is 180 g/mol. The molecule has 0 aliphatic heterocycles. The largest absolute Gasteiger partial charge is 0.396 e. The molecule has 70 valence electrons. The third kappa shape index (κ3) is 2.67. The smallest absolute Gasteiger partial charge is 0.123 e. The van der Waals surface area contributed by atoms with Crippen LogP contribution in [0.25, 0.3) is 0 Å². The normalized spacial score (nSPS) is 12.5. The standard InChI is InChI=1S/C11H13FO/c1-2-9(7-8-13)10-3-5-11(12)6-4-10/h2-6,9,13H,1,7-8H2. The van der Waals surface area contributed by atoms with E-state index >= 15 is 0 Å². The van der Waals surface area contributed by atoms with Crippen molar-refractivity contribution in [2.75, 3.05) is 6.61 Å². The van der Waals surface area contributed by atoms with E-state index in [9.17, 15) is 4.39 Å². The summed E-state index contributed by atoms with van der Waals surface area (Å²) in [6.07, 6.45) is 2.40. The van der Waals surface area contributed by atoms with Crippen molar-refractivity contribution < 1.29 is 9.50 Å². The Bertz CT molecular complexity index is 266. The topological polar surface area (TPSA) is 20.2 Å². The molecule has 0 amide bonds. The number of rotatable bonds is 4. The van der Waals surface area contributed by atoms with Gasteiger partial charge in [-0.15, -0.1) is 6.58 Å². The van der Waals surface area contributed by atoms with Gasteiger partial charge in [-0.1, -0.05) is 18.2 Å². The van der Waals surface area contributed by atoms with Crippen molar-refractivity contribution in [1.82, 2.24) is 0 Å². The molecule has 0 heterocycles. The molecule has 1 aromatic carbocycles. The Kier molecular flexibility index (Phi) is 3.65. The van der Waals surface area contributed by atoms with Gasteiger partial charge in [0.15, 0.2) is 0 Å². The Morgan fingerprint density at radius 2 is 2.00 bits per heavy atom. The molecule has 0 fully saturated rings. The van der Waals surface area contributed by atoms with Gasteiger partial charge in [-0.3, -0.25) is 0 Å². The fourth-order valence-corrected chi connectivity index (χ4v) is 1.27. The van der Waals surface area contributed by atoms with Crippen molar-refractivity contribution in [3.05, 3.63) is 48.3 Å². The van der Waals surface area contributed by atoms with Crippen LogP contribution in [0.3, 0.4) is 0 Å². The summed E-state index contributed by atoms with van der Waals surface area (Å²) >= 11 is 0. The Balaban J connectivity index is 2.79. The highest BCUT2D eigenvalue weighted by atomic mass is 19.1. The van der Waals surface area contributed by atoms with Crippen molar-refractivity contribution in [3.8, 4) is 0 Å². The van der Waals surface area contributed by atoms with E-state index in [1.807, 2.05) is 0 Å². The van der Waals surface area contributed by atoms with E-state index in [1.54, 1.807) is 18.2 Å². The first-order chi connectivity index (χ1) is 6.27. The molecule has 0 saturated carbocycles. The number of allylic oxidation sites excluding steroid dienone is 1. The van der Waals surface area contributed by atoms with Gasteiger partial charge < -0.3 is 5.11 Å². The molecule has 0 saturated heterocycles.